The number of rotatable bonds is 7. The second kappa shape index (κ2) is 6.55. The van der Waals surface area contributed by atoms with Gasteiger partial charge in [-0.25, -0.2) is 0 Å². The maximum absolute atomic E-state index is 6.24. The molecule has 0 amide bonds. The molecule has 3 atom stereocenters. The van der Waals surface area contributed by atoms with Gasteiger partial charge in [0.1, 0.15) is 0 Å². The van der Waals surface area contributed by atoms with Crippen LogP contribution in [0.5, 0.6) is 0 Å². The monoisotopic (exact) mass is 271 g/mol. The lowest BCUT2D eigenvalue weighted by molar-refractivity contribution is -0.0860. The summed E-state index contributed by atoms with van der Waals surface area (Å²) in [6, 6.07) is 0.358. The molecule has 1 aliphatic heterocycles. The van der Waals surface area contributed by atoms with Crippen molar-refractivity contribution < 1.29 is 9.47 Å². The van der Waals surface area contributed by atoms with E-state index in [1.54, 1.807) is 0 Å². The highest BCUT2D eigenvalue weighted by atomic mass is 16.5. The van der Waals surface area contributed by atoms with Crippen LogP contribution in [-0.4, -0.2) is 37.0 Å². The average Bonchev–Trinajstić information content (AvgIpc) is 2.49. The van der Waals surface area contributed by atoms with Crippen LogP contribution < -0.4 is 5.32 Å². The van der Waals surface area contributed by atoms with E-state index >= 15 is 0 Å². The topological polar surface area (TPSA) is 30.5 Å². The summed E-state index contributed by atoms with van der Waals surface area (Å²) in [5.41, 5.74) is -0.132. The van der Waals surface area contributed by atoms with Gasteiger partial charge < -0.3 is 14.8 Å². The van der Waals surface area contributed by atoms with Crippen molar-refractivity contribution in [2.24, 2.45) is 5.92 Å². The van der Waals surface area contributed by atoms with Gasteiger partial charge >= 0.3 is 0 Å². The van der Waals surface area contributed by atoms with Crippen molar-refractivity contribution in [3.8, 4) is 0 Å². The zero-order valence-electron chi connectivity index (χ0n) is 13.9. The molecule has 19 heavy (non-hydrogen) atoms. The van der Waals surface area contributed by atoms with Gasteiger partial charge in [-0.1, -0.05) is 13.3 Å². The second-order valence-corrected chi connectivity index (χ2v) is 6.87. The molecule has 3 nitrogen and oxygen atoms in total. The first-order valence-corrected chi connectivity index (χ1v) is 7.76. The Hall–Kier alpha value is -0.120. The normalized spacial score (nSPS) is 28.3. The van der Waals surface area contributed by atoms with Crippen LogP contribution >= 0.6 is 0 Å². The number of hydrogen-bond acceptors (Lipinski definition) is 3. The summed E-state index contributed by atoms with van der Waals surface area (Å²) >= 11 is 0. The lowest BCUT2D eigenvalue weighted by atomic mass is 9.78. The fourth-order valence-corrected chi connectivity index (χ4v) is 3.68. The summed E-state index contributed by atoms with van der Waals surface area (Å²) in [5, 5.41) is 3.50. The standard InChI is InChI=1S/C16H33NO2/c1-8-10-13(18-9-2)14(17-7)12-11-15(3,4)19-16(12,5)6/h12-14,17H,8-11H2,1-7H3. The fourth-order valence-electron chi connectivity index (χ4n) is 3.68. The molecule has 0 aromatic rings. The first-order chi connectivity index (χ1) is 8.77. The SMILES string of the molecule is CCCC(OCC)C(NC)C1CC(C)(C)OC1(C)C. The smallest absolute Gasteiger partial charge is 0.0731 e. The summed E-state index contributed by atoms with van der Waals surface area (Å²) in [7, 11) is 2.05. The molecule has 0 aliphatic carbocycles. The zero-order valence-corrected chi connectivity index (χ0v) is 13.9. The highest BCUT2D eigenvalue weighted by molar-refractivity contribution is 5.01. The molecule has 1 fully saturated rings. The quantitative estimate of drug-likeness (QED) is 0.770. The van der Waals surface area contributed by atoms with Crippen molar-refractivity contribution in [1.29, 1.82) is 0 Å². The summed E-state index contributed by atoms with van der Waals surface area (Å²) in [6.07, 6.45) is 3.62. The van der Waals surface area contributed by atoms with E-state index in [1.165, 1.54) is 0 Å². The molecule has 1 rings (SSSR count). The molecule has 1 N–H and O–H groups in total. The van der Waals surface area contributed by atoms with Crippen molar-refractivity contribution in [2.75, 3.05) is 13.7 Å². The summed E-state index contributed by atoms with van der Waals surface area (Å²) in [4.78, 5) is 0. The molecule has 3 heteroatoms. The van der Waals surface area contributed by atoms with Crippen molar-refractivity contribution in [2.45, 2.75) is 84.2 Å². The Balaban J connectivity index is 2.88. The molecule has 0 spiro atoms. The van der Waals surface area contributed by atoms with Crippen LogP contribution in [0.1, 0.15) is 60.8 Å². The zero-order chi connectivity index (χ0) is 14.7. The molecular weight excluding hydrogens is 238 g/mol. The third-order valence-electron chi connectivity index (χ3n) is 4.27. The highest BCUT2D eigenvalue weighted by Gasteiger charge is 2.50. The number of likely N-dealkylation sites (N-methyl/N-ethyl adjacent to an activating group) is 1. The molecule has 1 heterocycles. The van der Waals surface area contributed by atoms with E-state index in [0.717, 1.165) is 25.9 Å². The predicted molar refractivity (Wildman–Crippen MR) is 80.5 cm³/mol. The van der Waals surface area contributed by atoms with Gasteiger partial charge in [-0.2, -0.15) is 0 Å². The van der Waals surface area contributed by atoms with Gasteiger partial charge in [0, 0.05) is 18.6 Å². The Morgan fingerprint density at radius 1 is 1.26 bits per heavy atom. The third-order valence-corrected chi connectivity index (χ3v) is 4.27. The lowest BCUT2D eigenvalue weighted by Gasteiger charge is -2.37. The third kappa shape index (κ3) is 4.17. The molecule has 0 aromatic carbocycles. The Bertz CT molecular complexity index is 270. The molecule has 114 valence electrons. The van der Waals surface area contributed by atoms with E-state index in [9.17, 15) is 0 Å². The van der Waals surface area contributed by atoms with Crippen molar-refractivity contribution in [1.82, 2.24) is 5.32 Å². The van der Waals surface area contributed by atoms with Crippen LogP contribution in [0.15, 0.2) is 0 Å². The van der Waals surface area contributed by atoms with Gasteiger partial charge in [-0.15, -0.1) is 0 Å². The van der Waals surface area contributed by atoms with Gasteiger partial charge in [-0.3, -0.25) is 0 Å². The Morgan fingerprint density at radius 2 is 1.89 bits per heavy atom. The van der Waals surface area contributed by atoms with Crippen LogP contribution in [0, 0.1) is 5.92 Å². The maximum Gasteiger partial charge on any atom is 0.0731 e. The maximum atomic E-state index is 6.24. The molecule has 0 bridgehead atoms. The van der Waals surface area contributed by atoms with Gasteiger partial charge in [0.2, 0.25) is 0 Å². The highest BCUT2D eigenvalue weighted by Crippen LogP contribution is 2.44. The largest absolute Gasteiger partial charge is 0.377 e. The minimum Gasteiger partial charge on any atom is -0.377 e. The molecule has 0 aromatic heterocycles. The van der Waals surface area contributed by atoms with Crippen molar-refractivity contribution in [3.05, 3.63) is 0 Å². The predicted octanol–water partition coefficient (Wildman–Crippen LogP) is 3.37. The fraction of sp³-hybridized carbons (Fsp3) is 1.00. The van der Waals surface area contributed by atoms with E-state index in [0.29, 0.717) is 12.0 Å². The molecule has 0 saturated carbocycles. The first-order valence-electron chi connectivity index (χ1n) is 7.76. The molecule has 3 unspecified atom stereocenters. The lowest BCUT2D eigenvalue weighted by Crippen LogP contribution is -2.50. The van der Waals surface area contributed by atoms with Crippen LogP contribution in [0.2, 0.25) is 0 Å². The van der Waals surface area contributed by atoms with Gasteiger partial charge in [-0.05, 0) is 54.5 Å². The summed E-state index contributed by atoms with van der Waals surface area (Å²) in [6.45, 7) is 13.9. The average molecular weight is 271 g/mol. The Labute approximate surface area is 119 Å². The number of hydrogen-bond donors (Lipinski definition) is 1. The number of ether oxygens (including phenoxy) is 2. The van der Waals surface area contributed by atoms with E-state index in [4.69, 9.17) is 9.47 Å². The van der Waals surface area contributed by atoms with E-state index in [2.05, 4.69) is 46.9 Å². The molecular formula is C16H33NO2. The Kier molecular flexibility index (Phi) is 5.84. The van der Waals surface area contributed by atoms with Crippen LogP contribution in [0.3, 0.4) is 0 Å². The van der Waals surface area contributed by atoms with E-state index in [-0.39, 0.29) is 17.3 Å². The van der Waals surface area contributed by atoms with E-state index in [1.807, 2.05) is 7.05 Å². The van der Waals surface area contributed by atoms with Crippen molar-refractivity contribution >= 4 is 0 Å². The summed E-state index contributed by atoms with van der Waals surface area (Å²) in [5.74, 6) is 0.482. The minimum absolute atomic E-state index is 0.0355. The van der Waals surface area contributed by atoms with Crippen LogP contribution in [0.4, 0.5) is 0 Å². The van der Waals surface area contributed by atoms with Gasteiger partial charge in [0.15, 0.2) is 0 Å². The molecule has 1 aliphatic rings. The molecule has 0 radical (unpaired) electrons. The van der Waals surface area contributed by atoms with Gasteiger partial charge in [0.25, 0.3) is 0 Å². The van der Waals surface area contributed by atoms with Crippen molar-refractivity contribution in [3.63, 3.8) is 0 Å². The number of nitrogens with one attached hydrogen (secondary N) is 1. The van der Waals surface area contributed by atoms with E-state index < -0.39 is 0 Å². The second-order valence-electron chi connectivity index (χ2n) is 6.87. The van der Waals surface area contributed by atoms with Gasteiger partial charge in [0.05, 0.1) is 17.3 Å². The molecule has 1 saturated heterocycles. The Morgan fingerprint density at radius 3 is 2.26 bits per heavy atom. The summed E-state index contributed by atoms with van der Waals surface area (Å²) < 4.78 is 12.2. The minimum atomic E-state index is -0.0970. The first kappa shape index (κ1) is 16.9. The van der Waals surface area contributed by atoms with Crippen LogP contribution in [-0.2, 0) is 9.47 Å². The van der Waals surface area contributed by atoms with Crippen LogP contribution in [0.25, 0.3) is 0 Å².